The molecule has 0 aromatic rings. The summed E-state index contributed by atoms with van der Waals surface area (Å²) in [5.74, 6) is 0. The molecule has 1 aliphatic heterocycles. The van der Waals surface area contributed by atoms with Gasteiger partial charge in [0.1, 0.15) is 0 Å². The second kappa shape index (κ2) is 6.17. The lowest BCUT2D eigenvalue weighted by Crippen LogP contribution is -2.62. The van der Waals surface area contributed by atoms with E-state index in [0.717, 1.165) is 6.61 Å². The number of nitrogens with zero attached hydrogens (tertiary/aromatic N) is 1. The maximum atomic E-state index is 5.43. The molecule has 0 bridgehead atoms. The van der Waals surface area contributed by atoms with Crippen LogP contribution in [0.5, 0.6) is 0 Å². The second-order valence-corrected chi connectivity index (χ2v) is 5.65. The van der Waals surface area contributed by atoms with Gasteiger partial charge in [0, 0.05) is 18.7 Å². The van der Waals surface area contributed by atoms with Crippen molar-refractivity contribution in [1.29, 1.82) is 0 Å². The molecule has 2 rings (SSSR count). The lowest BCUT2D eigenvalue weighted by atomic mass is 9.84. The molecule has 1 saturated heterocycles. The number of rotatable bonds is 5. The Kier molecular flexibility index (Phi) is 4.83. The van der Waals surface area contributed by atoms with Crippen molar-refractivity contribution in [3.63, 3.8) is 0 Å². The van der Waals surface area contributed by atoms with Crippen LogP contribution in [0.1, 0.15) is 44.9 Å². The Hall–Kier alpha value is -0.120. The van der Waals surface area contributed by atoms with Gasteiger partial charge >= 0.3 is 0 Å². The molecule has 0 aromatic carbocycles. The average molecular weight is 240 g/mol. The molecule has 1 saturated carbocycles. The summed E-state index contributed by atoms with van der Waals surface area (Å²) < 4.78 is 5.43. The molecular formula is C14H28N2O. The molecule has 1 unspecified atom stereocenters. The molecule has 2 fully saturated rings. The molecule has 1 N–H and O–H groups in total. The van der Waals surface area contributed by atoms with Crippen LogP contribution in [-0.4, -0.2) is 50.3 Å². The number of piperidine rings is 1. The van der Waals surface area contributed by atoms with Crippen molar-refractivity contribution >= 4 is 0 Å². The summed E-state index contributed by atoms with van der Waals surface area (Å²) in [5.41, 5.74) is 0.380. The van der Waals surface area contributed by atoms with Gasteiger partial charge in [-0.3, -0.25) is 4.90 Å². The predicted octanol–water partition coefficient (Wildman–Crippen LogP) is 2.02. The van der Waals surface area contributed by atoms with Crippen LogP contribution in [-0.2, 0) is 4.74 Å². The summed E-state index contributed by atoms with van der Waals surface area (Å²) in [5, 5.41) is 3.52. The highest BCUT2D eigenvalue weighted by atomic mass is 16.5. The van der Waals surface area contributed by atoms with Gasteiger partial charge in [0.15, 0.2) is 0 Å². The lowest BCUT2D eigenvalue weighted by molar-refractivity contribution is 0.0107. The molecule has 2 aliphatic rings. The topological polar surface area (TPSA) is 24.5 Å². The van der Waals surface area contributed by atoms with E-state index in [4.69, 9.17) is 4.74 Å². The van der Waals surface area contributed by atoms with Crippen molar-refractivity contribution in [2.45, 2.75) is 56.5 Å². The van der Waals surface area contributed by atoms with Gasteiger partial charge in [0.25, 0.3) is 0 Å². The van der Waals surface area contributed by atoms with Crippen LogP contribution in [0, 0.1) is 0 Å². The van der Waals surface area contributed by atoms with Gasteiger partial charge in [-0.2, -0.15) is 0 Å². The highest BCUT2D eigenvalue weighted by molar-refractivity contribution is 5.03. The molecular weight excluding hydrogens is 212 g/mol. The first-order chi connectivity index (χ1) is 8.33. The number of hydrogen-bond acceptors (Lipinski definition) is 3. The van der Waals surface area contributed by atoms with E-state index < -0.39 is 0 Å². The third kappa shape index (κ3) is 2.67. The monoisotopic (exact) mass is 240 g/mol. The molecule has 17 heavy (non-hydrogen) atoms. The van der Waals surface area contributed by atoms with E-state index in [1.165, 1.54) is 58.0 Å². The van der Waals surface area contributed by atoms with Crippen LogP contribution in [0.2, 0.25) is 0 Å². The van der Waals surface area contributed by atoms with Crippen molar-refractivity contribution in [2.24, 2.45) is 0 Å². The minimum Gasteiger partial charge on any atom is -0.383 e. The molecule has 0 radical (unpaired) electrons. The van der Waals surface area contributed by atoms with E-state index in [1.54, 1.807) is 0 Å². The highest BCUT2D eigenvalue weighted by Gasteiger charge is 2.45. The highest BCUT2D eigenvalue weighted by Crippen LogP contribution is 2.39. The Morgan fingerprint density at radius 1 is 1.12 bits per heavy atom. The minimum absolute atomic E-state index is 0.380. The van der Waals surface area contributed by atoms with Crippen LogP contribution in [0.4, 0.5) is 0 Å². The zero-order chi connectivity index (χ0) is 12.1. The van der Waals surface area contributed by atoms with Crippen molar-refractivity contribution < 1.29 is 4.74 Å². The summed E-state index contributed by atoms with van der Waals surface area (Å²) in [4.78, 5) is 2.77. The fourth-order valence-corrected chi connectivity index (χ4v) is 3.89. The first-order valence-electron chi connectivity index (χ1n) is 7.25. The quantitative estimate of drug-likeness (QED) is 0.795. The zero-order valence-electron chi connectivity index (χ0n) is 11.5. The minimum atomic E-state index is 0.380. The van der Waals surface area contributed by atoms with E-state index in [0.29, 0.717) is 11.6 Å². The molecule has 1 heterocycles. The standard InChI is InChI=1S/C14H28N2O/c1-15-13(12-17-2)14(8-4-5-9-14)16-10-6-3-7-11-16/h13,15H,3-12H2,1-2H3. The third-order valence-corrected chi connectivity index (χ3v) is 4.79. The van der Waals surface area contributed by atoms with E-state index in [1.807, 2.05) is 7.11 Å². The van der Waals surface area contributed by atoms with Gasteiger partial charge in [-0.05, 0) is 45.8 Å². The molecule has 100 valence electrons. The maximum absolute atomic E-state index is 5.43. The van der Waals surface area contributed by atoms with E-state index in [9.17, 15) is 0 Å². The summed E-state index contributed by atoms with van der Waals surface area (Å²) in [6.07, 6.45) is 9.65. The Morgan fingerprint density at radius 3 is 2.29 bits per heavy atom. The van der Waals surface area contributed by atoms with Gasteiger partial charge < -0.3 is 10.1 Å². The Morgan fingerprint density at radius 2 is 1.76 bits per heavy atom. The average Bonchev–Trinajstić information content (AvgIpc) is 2.87. The van der Waals surface area contributed by atoms with Gasteiger partial charge in [0.05, 0.1) is 6.61 Å². The molecule has 0 spiro atoms. The first-order valence-corrected chi connectivity index (χ1v) is 7.25. The Labute approximate surface area is 106 Å². The Bertz CT molecular complexity index is 214. The fourth-order valence-electron chi connectivity index (χ4n) is 3.89. The molecule has 1 aliphatic carbocycles. The fraction of sp³-hybridized carbons (Fsp3) is 1.00. The van der Waals surface area contributed by atoms with Gasteiger partial charge in [-0.1, -0.05) is 19.3 Å². The van der Waals surface area contributed by atoms with Crippen LogP contribution < -0.4 is 5.32 Å². The van der Waals surface area contributed by atoms with Gasteiger partial charge in [-0.15, -0.1) is 0 Å². The molecule has 0 amide bonds. The SMILES string of the molecule is CNC(COC)C1(N2CCCCC2)CCCC1. The number of nitrogens with one attached hydrogen (secondary N) is 1. The largest absolute Gasteiger partial charge is 0.383 e. The number of methoxy groups -OCH3 is 1. The van der Waals surface area contributed by atoms with Crippen molar-refractivity contribution in [3.05, 3.63) is 0 Å². The first kappa shape index (κ1) is 13.3. The summed E-state index contributed by atoms with van der Waals surface area (Å²) in [6, 6.07) is 0.494. The molecule has 1 atom stereocenters. The van der Waals surface area contributed by atoms with Gasteiger partial charge in [0.2, 0.25) is 0 Å². The van der Waals surface area contributed by atoms with Crippen molar-refractivity contribution in [1.82, 2.24) is 10.2 Å². The smallest absolute Gasteiger partial charge is 0.0633 e. The van der Waals surface area contributed by atoms with Crippen LogP contribution in [0.3, 0.4) is 0 Å². The molecule has 3 heteroatoms. The number of likely N-dealkylation sites (tertiary alicyclic amines) is 1. The summed E-state index contributed by atoms with van der Waals surface area (Å²) in [7, 11) is 3.91. The molecule has 3 nitrogen and oxygen atoms in total. The van der Waals surface area contributed by atoms with Crippen LogP contribution in [0.15, 0.2) is 0 Å². The Balaban J connectivity index is 2.11. The summed E-state index contributed by atoms with van der Waals surface area (Å²) in [6.45, 7) is 3.43. The third-order valence-electron chi connectivity index (χ3n) is 4.79. The lowest BCUT2D eigenvalue weighted by Gasteiger charge is -2.48. The van der Waals surface area contributed by atoms with E-state index >= 15 is 0 Å². The van der Waals surface area contributed by atoms with Gasteiger partial charge in [-0.25, -0.2) is 0 Å². The number of hydrogen-bond donors (Lipinski definition) is 1. The van der Waals surface area contributed by atoms with Crippen molar-refractivity contribution in [2.75, 3.05) is 33.9 Å². The number of likely N-dealkylation sites (N-methyl/N-ethyl adjacent to an activating group) is 1. The number of ether oxygens (including phenoxy) is 1. The van der Waals surface area contributed by atoms with Crippen LogP contribution >= 0.6 is 0 Å². The van der Waals surface area contributed by atoms with Crippen LogP contribution in [0.25, 0.3) is 0 Å². The summed E-state index contributed by atoms with van der Waals surface area (Å²) >= 11 is 0. The molecule has 0 aromatic heterocycles. The predicted molar refractivity (Wildman–Crippen MR) is 71.3 cm³/mol. The zero-order valence-corrected chi connectivity index (χ0v) is 11.5. The normalized spacial score (nSPS) is 27.2. The maximum Gasteiger partial charge on any atom is 0.0633 e. The van der Waals surface area contributed by atoms with Crippen molar-refractivity contribution in [3.8, 4) is 0 Å². The van der Waals surface area contributed by atoms with E-state index in [-0.39, 0.29) is 0 Å². The van der Waals surface area contributed by atoms with E-state index in [2.05, 4.69) is 17.3 Å². The second-order valence-electron chi connectivity index (χ2n) is 5.65.